The van der Waals surface area contributed by atoms with E-state index in [0.717, 1.165) is 12.5 Å². The monoisotopic (exact) mass is 207 g/mol. The van der Waals surface area contributed by atoms with E-state index >= 15 is 0 Å². The fourth-order valence-corrected chi connectivity index (χ4v) is 2.38. The summed E-state index contributed by atoms with van der Waals surface area (Å²) in [5.41, 5.74) is 1.27. The van der Waals surface area contributed by atoms with Crippen molar-refractivity contribution in [3.05, 3.63) is 18.0 Å². The number of nitrogens with zero attached hydrogens (tertiary/aromatic N) is 2. The van der Waals surface area contributed by atoms with Crippen molar-refractivity contribution in [2.75, 3.05) is 13.1 Å². The third-order valence-electron chi connectivity index (χ3n) is 3.54. The minimum absolute atomic E-state index is 0.611. The summed E-state index contributed by atoms with van der Waals surface area (Å²) in [6.07, 6.45) is 4.67. The number of hydrogen-bond donors (Lipinski definition) is 1. The maximum atomic E-state index is 4.60. The van der Waals surface area contributed by atoms with E-state index in [9.17, 15) is 0 Å². The van der Waals surface area contributed by atoms with Gasteiger partial charge in [-0.25, -0.2) is 0 Å². The molecule has 0 aromatic carbocycles. The van der Waals surface area contributed by atoms with Gasteiger partial charge in [-0.15, -0.1) is 0 Å². The molecule has 15 heavy (non-hydrogen) atoms. The molecular formula is C12H21N3. The van der Waals surface area contributed by atoms with Crippen molar-refractivity contribution in [1.29, 1.82) is 0 Å². The minimum atomic E-state index is 0.611. The van der Waals surface area contributed by atoms with Gasteiger partial charge in [0.15, 0.2) is 0 Å². The summed E-state index contributed by atoms with van der Waals surface area (Å²) in [6.45, 7) is 7.76. The van der Waals surface area contributed by atoms with E-state index in [1.807, 2.05) is 4.68 Å². The van der Waals surface area contributed by atoms with Crippen molar-refractivity contribution in [2.45, 2.75) is 39.2 Å². The van der Waals surface area contributed by atoms with Crippen molar-refractivity contribution < 1.29 is 0 Å². The first kappa shape index (κ1) is 10.7. The topological polar surface area (TPSA) is 29.9 Å². The highest BCUT2D eigenvalue weighted by molar-refractivity contribution is 5.07. The molecule has 2 rings (SSSR count). The Bertz CT molecular complexity index is 300. The average Bonchev–Trinajstić information content (AvgIpc) is 2.78. The zero-order valence-corrected chi connectivity index (χ0v) is 9.74. The molecule has 1 unspecified atom stereocenters. The average molecular weight is 207 g/mol. The van der Waals surface area contributed by atoms with Gasteiger partial charge in [-0.2, -0.15) is 5.10 Å². The van der Waals surface area contributed by atoms with E-state index in [0.29, 0.717) is 5.92 Å². The number of piperidine rings is 1. The Morgan fingerprint density at radius 2 is 2.27 bits per heavy atom. The highest BCUT2D eigenvalue weighted by atomic mass is 15.3. The first-order valence-corrected chi connectivity index (χ1v) is 6.05. The lowest BCUT2D eigenvalue weighted by atomic mass is 9.84. The first-order chi connectivity index (χ1) is 7.31. The number of aryl methyl sites for hydroxylation is 1. The highest BCUT2D eigenvalue weighted by Gasteiger charge is 2.22. The van der Waals surface area contributed by atoms with E-state index in [4.69, 9.17) is 0 Å². The molecule has 0 bridgehead atoms. The van der Waals surface area contributed by atoms with Gasteiger partial charge in [-0.3, -0.25) is 4.68 Å². The van der Waals surface area contributed by atoms with Crippen LogP contribution in [0.3, 0.4) is 0 Å². The summed E-state index contributed by atoms with van der Waals surface area (Å²) >= 11 is 0. The number of aromatic nitrogens is 2. The second kappa shape index (κ2) is 4.79. The van der Waals surface area contributed by atoms with Gasteiger partial charge in [-0.05, 0) is 44.8 Å². The summed E-state index contributed by atoms with van der Waals surface area (Å²) in [4.78, 5) is 0. The molecule has 3 heteroatoms. The first-order valence-electron chi connectivity index (χ1n) is 6.05. The van der Waals surface area contributed by atoms with Crippen LogP contribution < -0.4 is 5.32 Å². The highest BCUT2D eigenvalue weighted by Crippen LogP contribution is 2.29. The summed E-state index contributed by atoms with van der Waals surface area (Å²) in [6, 6.07) is 2.18. The molecule has 1 aliphatic rings. The predicted molar refractivity (Wildman–Crippen MR) is 61.9 cm³/mol. The Balaban J connectivity index is 2.02. The molecule has 1 saturated heterocycles. The molecule has 3 nitrogen and oxygen atoms in total. The predicted octanol–water partition coefficient (Wildman–Crippen LogP) is 2.01. The van der Waals surface area contributed by atoms with Crippen LogP contribution in [0.5, 0.6) is 0 Å². The number of nitrogens with one attached hydrogen (secondary N) is 1. The van der Waals surface area contributed by atoms with Crippen molar-refractivity contribution >= 4 is 0 Å². The van der Waals surface area contributed by atoms with Gasteiger partial charge in [0.1, 0.15) is 0 Å². The van der Waals surface area contributed by atoms with Crippen LogP contribution in [0.2, 0.25) is 0 Å². The van der Waals surface area contributed by atoms with Crippen LogP contribution in [0.15, 0.2) is 12.3 Å². The van der Waals surface area contributed by atoms with Crippen LogP contribution in [0, 0.1) is 5.92 Å². The quantitative estimate of drug-likeness (QED) is 0.821. The lowest BCUT2D eigenvalue weighted by molar-refractivity contribution is 0.325. The lowest BCUT2D eigenvalue weighted by Crippen LogP contribution is -2.30. The Labute approximate surface area is 91.9 Å². The van der Waals surface area contributed by atoms with Gasteiger partial charge in [0, 0.05) is 18.7 Å². The van der Waals surface area contributed by atoms with Crippen LogP contribution in [0.25, 0.3) is 0 Å². The minimum Gasteiger partial charge on any atom is -0.317 e. The molecule has 84 valence electrons. The summed E-state index contributed by atoms with van der Waals surface area (Å²) in [5.74, 6) is 1.42. The van der Waals surface area contributed by atoms with Crippen LogP contribution in [-0.4, -0.2) is 22.9 Å². The summed E-state index contributed by atoms with van der Waals surface area (Å²) < 4.78 is 2.02. The van der Waals surface area contributed by atoms with Crippen molar-refractivity contribution in [1.82, 2.24) is 15.1 Å². The van der Waals surface area contributed by atoms with Gasteiger partial charge < -0.3 is 5.32 Å². The van der Waals surface area contributed by atoms with Crippen LogP contribution >= 0.6 is 0 Å². The standard InChI is InChI=1S/C12H21N3/c1-3-15-9-6-12(14-15)10(2)11-4-7-13-8-5-11/h6,9-11,13H,3-5,7-8H2,1-2H3. The van der Waals surface area contributed by atoms with Gasteiger partial charge in [-0.1, -0.05) is 6.92 Å². The molecule has 1 N–H and O–H groups in total. The second-order valence-electron chi connectivity index (χ2n) is 4.47. The van der Waals surface area contributed by atoms with E-state index in [1.54, 1.807) is 0 Å². The lowest BCUT2D eigenvalue weighted by Gasteiger charge is -2.27. The molecule has 2 heterocycles. The molecule has 1 aliphatic heterocycles. The molecular weight excluding hydrogens is 186 g/mol. The van der Waals surface area contributed by atoms with Crippen LogP contribution in [-0.2, 0) is 6.54 Å². The van der Waals surface area contributed by atoms with Crippen molar-refractivity contribution in [2.24, 2.45) is 5.92 Å². The van der Waals surface area contributed by atoms with E-state index in [1.165, 1.54) is 31.6 Å². The van der Waals surface area contributed by atoms with E-state index < -0.39 is 0 Å². The Morgan fingerprint density at radius 1 is 1.53 bits per heavy atom. The molecule has 0 saturated carbocycles. The normalized spacial score (nSPS) is 20.4. The SMILES string of the molecule is CCn1ccc(C(C)C2CCNCC2)n1. The van der Waals surface area contributed by atoms with Gasteiger partial charge >= 0.3 is 0 Å². The molecule has 1 atom stereocenters. The Kier molecular flexibility index (Phi) is 3.41. The van der Waals surface area contributed by atoms with Gasteiger partial charge in [0.25, 0.3) is 0 Å². The fraction of sp³-hybridized carbons (Fsp3) is 0.750. The Hall–Kier alpha value is -0.830. The van der Waals surface area contributed by atoms with Gasteiger partial charge in [0.2, 0.25) is 0 Å². The molecule has 0 aliphatic carbocycles. The van der Waals surface area contributed by atoms with E-state index in [-0.39, 0.29) is 0 Å². The van der Waals surface area contributed by atoms with Crippen LogP contribution in [0.4, 0.5) is 0 Å². The summed E-state index contributed by atoms with van der Waals surface area (Å²) in [5, 5.41) is 8.01. The van der Waals surface area contributed by atoms with E-state index in [2.05, 4.69) is 36.5 Å². The molecule has 1 aromatic heterocycles. The summed E-state index contributed by atoms with van der Waals surface area (Å²) in [7, 11) is 0. The Morgan fingerprint density at radius 3 is 2.87 bits per heavy atom. The fourth-order valence-electron chi connectivity index (χ4n) is 2.38. The number of rotatable bonds is 3. The molecule has 0 spiro atoms. The largest absolute Gasteiger partial charge is 0.317 e. The van der Waals surface area contributed by atoms with Crippen LogP contribution in [0.1, 0.15) is 38.3 Å². The third-order valence-corrected chi connectivity index (χ3v) is 3.54. The maximum Gasteiger partial charge on any atom is 0.0655 e. The molecule has 0 amide bonds. The zero-order valence-electron chi connectivity index (χ0n) is 9.74. The molecule has 1 aromatic rings. The third kappa shape index (κ3) is 2.40. The number of hydrogen-bond acceptors (Lipinski definition) is 2. The maximum absolute atomic E-state index is 4.60. The second-order valence-corrected chi connectivity index (χ2v) is 4.47. The zero-order chi connectivity index (χ0) is 10.7. The molecule has 1 fully saturated rings. The smallest absolute Gasteiger partial charge is 0.0655 e. The van der Waals surface area contributed by atoms with Crippen molar-refractivity contribution in [3.8, 4) is 0 Å². The van der Waals surface area contributed by atoms with Gasteiger partial charge in [0.05, 0.1) is 5.69 Å². The van der Waals surface area contributed by atoms with Crippen molar-refractivity contribution in [3.63, 3.8) is 0 Å². The molecule has 0 radical (unpaired) electrons.